The van der Waals surface area contributed by atoms with Gasteiger partial charge in [0.15, 0.2) is 0 Å². The fourth-order valence-corrected chi connectivity index (χ4v) is 2.94. The van der Waals surface area contributed by atoms with E-state index in [-0.39, 0.29) is 6.10 Å². The maximum atomic E-state index is 8.80. The summed E-state index contributed by atoms with van der Waals surface area (Å²) >= 11 is 0. The molecule has 0 bridgehead atoms. The van der Waals surface area contributed by atoms with Crippen molar-refractivity contribution in [3.05, 3.63) is 41.5 Å². The maximum Gasteiger partial charge on any atom is 0.147 e. The first kappa shape index (κ1) is 17.4. The van der Waals surface area contributed by atoms with Gasteiger partial charge in [-0.05, 0) is 38.1 Å². The number of aryl methyl sites for hydroxylation is 2. The van der Waals surface area contributed by atoms with Gasteiger partial charge in [-0.1, -0.05) is 0 Å². The zero-order valence-corrected chi connectivity index (χ0v) is 14.7. The van der Waals surface area contributed by atoms with Gasteiger partial charge in [-0.15, -0.1) is 0 Å². The molecule has 1 fully saturated rings. The SMILES string of the molecule is Cc1nc(C)n(C[C@@H]2CN(CCOc3ccc(C#N)cc3)CCO2)n1. The number of nitrogens with zero attached hydrogens (tertiary/aromatic N) is 5. The first-order chi connectivity index (χ1) is 12.1. The van der Waals surface area contributed by atoms with Crippen molar-refractivity contribution in [2.45, 2.75) is 26.5 Å². The Balaban J connectivity index is 1.45. The van der Waals surface area contributed by atoms with E-state index in [2.05, 4.69) is 21.1 Å². The monoisotopic (exact) mass is 341 g/mol. The summed E-state index contributed by atoms with van der Waals surface area (Å²) in [6.45, 7) is 8.52. The molecule has 1 aromatic carbocycles. The Morgan fingerprint density at radius 1 is 1.32 bits per heavy atom. The zero-order chi connectivity index (χ0) is 17.6. The Morgan fingerprint density at radius 3 is 2.80 bits per heavy atom. The summed E-state index contributed by atoms with van der Waals surface area (Å²) in [4.78, 5) is 6.68. The van der Waals surface area contributed by atoms with Crippen LogP contribution in [0.15, 0.2) is 24.3 Å². The van der Waals surface area contributed by atoms with Crippen molar-refractivity contribution in [1.29, 1.82) is 5.26 Å². The quantitative estimate of drug-likeness (QED) is 0.793. The molecule has 0 radical (unpaired) electrons. The predicted molar refractivity (Wildman–Crippen MR) is 92.3 cm³/mol. The van der Waals surface area contributed by atoms with Gasteiger partial charge >= 0.3 is 0 Å². The lowest BCUT2D eigenvalue weighted by Gasteiger charge is -2.32. The summed E-state index contributed by atoms with van der Waals surface area (Å²) in [7, 11) is 0. The van der Waals surface area contributed by atoms with E-state index in [1.807, 2.05) is 30.7 Å². The Labute approximate surface area is 147 Å². The number of ether oxygens (including phenoxy) is 2. The number of nitriles is 1. The predicted octanol–water partition coefficient (Wildman–Crippen LogP) is 1.55. The molecule has 0 N–H and O–H groups in total. The molecular formula is C18H23N5O2. The van der Waals surface area contributed by atoms with Crippen LogP contribution in [0.4, 0.5) is 0 Å². The Bertz CT molecular complexity index is 735. The number of rotatable bonds is 6. The zero-order valence-electron chi connectivity index (χ0n) is 14.7. The first-order valence-electron chi connectivity index (χ1n) is 8.49. The smallest absolute Gasteiger partial charge is 0.147 e. The van der Waals surface area contributed by atoms with E-state index in [4.69, 9.17) is 14.7 Å². The second-order valence-corrected chi connectivity index (χ2v) is 6.17. The molecule has 1 atom stereocenters. The minimum Gasteiger partial charge on any atom is -0.492 e. The number of aromatic nitrogens is 3. The van der Waals surface area contributed by atoms with Crippen LogP contribution < -0.4 is 4.74 Å². The van der Waals surface area contributed by atoms with E-state index in [1.54, 1.807) is 12.1 Å². The van der Waals surface area contributed by atoms with Crippen molar-refractivity contribution in [3.8, 4) is 11.8 Å². The molecule has 7 nitrogen and oxygen atoms in total. The highest BCUT2D eigenvalue weighted by molar-refractivity contribution is 5.34. The molecule has 7 heteroatoms. The van der Waals surface area contributed by atoms with Gasteiger partial charge in [-0.2, -0.15) is 10.4 Å². The highest BCUT2D eigenvalue weighted by atomic mass is 16.5. The molecule has 1 aromatic heterocycles. The molecule has 0 saturated carbocycles. The molecule has 2 heterocycles. The highest BCUT2D eigenvalue weighted by Gasteiger charge is 2.21. The Hall–Kier alpha value is -2.43. The van der Waals surface area contributed by atoms with Crippen LogP contribution in [0.2, 0.25) is 0 Å². The lowest BCUT2D eigenvalue weighted by molar-refractivity contribution is -0.0404. The van der Waals surface area contributed by atoms with Crippen molar-refractivity contribution in [2.24, 2.45) is 0 Å². The van der Waals surface area contributed by atoms with E-state index in [0.717, 1.165) is 43.6 Å². The van der Waals surface area contributed by atoms with Gasteiger partial charge in [0.25, 0.3) is 0 Å². The third kappa shape index (κ3) is 4.78. The third-order valence-corrected chi connectivity index (χ3v) is 4.22. The molecule has 132 valence electrons. The largest absolute Gasteiger partial charge is 0.492 e. The molecule has 1 saturated heterocycles. The van der Waals surface area contributed by atoms with Gasteiger partial charge in [-0.3, -0.25) is 4.90 Å². The number of morpholine rings is 1. The van der Waals surface area contributed by atoms with Crippen molar-refractivity contribution >= 4 is 0 Å². The fraction of sp³-hybridized carbons (Fsp3) is 0.500. The molecule has 0 spiro atoms. The molecule has 3 rings (SSSR count). The average molecular weight is 341 g/mol. The van der Waals surface area contributed by atoms with Gasteiger partial charge in [0, 0.05) is 19.6 Å². The van der Waals surface area contributed by atoms with E-state index >= 15 is 0 Å². The molecule has 0 amide bonds. The molecule has 1 aliphatic rings. The van der Waals surface area contributed by atoms with Crippen molar-refractivity contribution in [1.82, 2.24) is 19.7 Å². The molecule has 25 heavy (non-hydrogen) atoms. The van der Waals surface area contributed by atoms with E-state index in [0.29, 0.717) is 18.8 Å². The summed E-state index contributed by atoms with van der Waals surface area (Å²) < 4.78 is 13.5. The lowest BCUT2D eigenvalue weighted by atomic mass is 10.2. The van der Waals surface area contributed by atoms with Crippen LogP contribution in [0.5, 0.6) is 5.75 Å². The van der Waals surface area contributed by atoms with Crippen molar-refractivity contribution in [2.75, 3.05) is 32.8 Å². The summed E-state index contributed by atoms with van der Waals surface area (Å²) in [6, 6.07) is 9.30. The van der Waals surface area contributed by atoms with E-state index in [1.165, 1.54) is 0 Å². The van der Waals surface area contributed by atoms with Crippen LogP contribution >= 0.6 is 0 Å². The van der Waals surface area contributed by atoms with Gasteiger partial charge in [0.1, 0.15) is 24.0 Å². The first-order valence-corrected chi connectivity index (χ1v) is 8.49. The summed E-state index contributed by atoms with van der Waals surface area (Å²) in [6.07, 6.45) is 0.114. The second-order valence-electron chi connectivity index (χ2n) is 6.17. The minimum atomic E-state index is 0.114. The summed E-state index contributed by atoms with van der Waals surface area (Å²) in [5, 5.41) is 13.2. The lowest BCUT2D eigenvalue weighted by Crippen LogP contribution is -2.45. The van der Waals surface area contributed by atoms with Gasteiger partial charge in [-0.25, -0.2) is 9.67 Å². The molecule has 1 aliphatic heterocycles. The average Bonchev–Trinajstić information content (AvgIpc) is 2.93. The van der Waals surface area contributed by atoms with E-state index in [9.17, 15) is 0 Å². The Kier molecular flexibility index (Phi) is 5.64. The van der Waals surface area contributed by atoms with Crippen LogP contribution in [0.1, 0.15) is 17.2 Å². The van der Waals surface area contributed by atoms with Crippen LogP contribution in [-0.4, -0.2) is 58.6 Å². The van der Waals surface area contributed by atoms with Gasteiger partial charge in [0.05, 0.1) is 30.9 Å². The molecular weight excluding hydrogens is 318 g/mol. The molecule has 2 aromatic rings. The second kappa shape index (κ2) is 8.10. The van der Waals surface area contributed by atoms with Crippen LogP contribution in [0.3, 0.4) is 0 Å². The van der Waals surface area contributed by atoms with Crippen LogP contribution in [0.25, 0.3) is 0 Å². The minimum absolute atomic E-state index is 0.114. The van der Waals surface area contributed by atoms with Crippen molar-refractivity contribution in [3.63, 3.8) is 0 Å². The fourth-order valence-electron chi connectivity index (χ4n) is 2.94. The number of benzene rings is 1. The maximum absolute atomic E-state index is 8.80. The molecule has 0 unspecified atom stereocenters. The number of hydrogen-bond donors (Lipinski definition) is 0. The topological polar surface area (TPSA) is 76.2 Å². The summed E-state index contributed by atoms with van der Waals surface area (Å²) in [5.41, 5.74) is 0.641. The van der Waals surface area contributed by atoms with Crippen molar-refractivity contribution < 1.29 is 9.47 Å². The third-order valence-electron chi connectivity index (χ3n) is 4.22. The standard InChI is InChI=1S/C18H23N5O2/c1-14-20-15(2)23(21-14)13-18-12-22(8-10-25-18)7-9-24-17-5-3-16(11-19)4-6-17/h3-6,18H,7-10,12-13H2,1-2H3/t18-/m0/s1. The summed E-state index contributed by atoms with van der Waals surface area (Å²) in [5.74, 6) is 2.50. The van der Waals surface area contributed by atoms with Gasteiger partial charge in [0.2, 0.25) is 0 Å². The van der Waals surface area contributed by atoms with Crippen LogP contribution in [0, 0.1) is 25.2 Å². The van der Waals surface area contributed by atoms with Gasteiger partial charge < -0.3 is 9.47 Å². The highest BCUT2D eigenvalue weighted by Crippen LogP contribution is 2.12. The Morgan fingerprint density at radius 2 is 2.12 bits per heavy atom. The molecule has 0 aliphatic carbocycles. The normalized spacial score (nSPS) is 18.0. The van der Waals surface area contributed by atoms with Crippen LogP contribution in [-0.2, 0) is 11.3 Å². The van der Waals surface area contributed by atoms with E-state index < -0.39 is 0 Å². The number of hydrogen-bond acceptors (Lipinski definition) is 6.